The van der Waals surface area contributed by atoms with Gasteiger partial charge < -0.3 is 5.32 Å². The zero-order chi connectivity index (χ0) is 10.4. The van der Waals surface area contributed by atoms with Gasteiger partial charge in [-0.2, -0.15) is 5.26 Å². The van der Waals surface area contributed by atoms with E-state index in [1.165, 1.54) is 0 Å². The first kappa shape index (κ1) is 10.5. The molecule has 0 unspecified atom stereocenters. The van der Waals surface area contributed by atoms with Crippen LogP contribution >= 0.6 is 0 Å². The molecule has 1 heterocycles. The quantitative estimate of drug-likeness (QED) is 0.740. The highest BCUT2D eigenvalue weighted by Crippen LogP contribution is 2.09. The second-order valence-corrected chi connectivity index (χ2v) is 3.27. The molecule has 3 heteroatoms. The lowest BCUT2D eigenvalue weighted by Gasteiger charge is -2.05. The standard InChI is InChI=1S/C11H15N3/c1-3-4-5-13-11-7-10(8-12)6-9(2)14-11/h6-7H,3-5H2,1-2H3,(H,13,14). The number of nitrogens with one attached hydrogen (secondary N) is 1. The Morgan fingerprint density at radius 2 is 2.29 bits per heavy atom. The summed E-state index contributed by atoms with van der Waals surface area (Å²) in [6, 6.07) is 5.68. The molecule has 3 nitrogen and oxygen atoms in total. The first-order chi connectivity index (χ1) is 6.76. The number of rotatable bonds is 4. The number of aromatic nitrogens is 1. The highest BCUT2D eigenvalue weighted by molar-refractivity contribution is 5.44. The number of aryl methyl sites for hydroxylation is 1. The first-order valence-electron chi connectivity index (χ1n) is 4.89. The zero-order valence-electron chi connectivity index (χ0n) is 8.67. The largest absolute Gasteiger partial charge is 0.370 e. The van der Waals surface area contributed by atoms with Crippen molar-refractivity contribution in [2.75, 3.05) is 11.9 Å². The lowest BCUT2D eigenvalue weighted by atomic mass is 10.2. The van der Waals surface area contributed by atoms with Crippen molar-refractivity contribution in [3.63, 3.8) is 0 Å². The fourth-order valence-corrected chi connectivity index (χ4v) is 1.22. The third kappa shape index (κ3) is 3.06. The molecule has 1 rings (SSSR count). The summed E-state index contributed by atoms with van der Waals surface area (Å²) < 4.78 is 0. The summed E-state index contributed by atoms with van der Waals surface area (Å²) in [6.07, 6.45) is 2.28. The summed E-state index contributed by atoms with van der Waals surface area (Å²) in [7, 11) is 0. The van der Waals surface area contributed by atoms with Gasteiger partial charge in [-0.15, -0.1) is 0 Å². The molecule has 0 aliphatic heterocycles. The van der Waals surface area contributed by atoms with Gasteiger partial charge in [-0.25, -0.2) is 4.98 Å². The highest BCUT2D eigenvalue weighted by Gasteiger charge is 1.98. The van der Waals surface area contributed by atoms with E-state index in [1.54, 1.807) is 12.1 Å². The van der Waals surface area contributed by atoms with Gasteiger partial charge in [-0.3, -0.25) is 0 Å². The van der Waals surface area contributed by atoms with Crippen LogP contribution in [0.25, 0.3) is 0 Å². The second-order valence-electron chi connectivity index (χ2n) is 3.27. The number of hydrogen-bond acceptors (Lipinski definition) is 3. The van der Waals surface area contributed by atoms with Crippen LogP contribution in [0.15, 0.2) is 12.1 Å². The molecule has 74 valence electrons. The third-order valence-corrected chi connectivity index (χ3v) is 1.92. The fraction of sp³-hybridized carbons (Fsp3) is 0.455. The normalized spacial score (nSPS) is 9.50. The van der Waals surface area contributed by atoms with Crippen LogP contribution < -0.4 is 5.32 Å². The minimum absolute atomic E-state index is 0.663. The molecule has 0 spiro atoms. The van der Waals surface area contributed by atoms with Gasteiger partial charge in [-0.1, -0.05) is 13.3 Å². The number of unbranched alkanes of at least 4 members (excludes halogenated alkanes) is 1. The Bertz CT molecular complexity index is 339. The van der Waals surface area contributed by atoms with E-state index in [-0.39, 0.29) is 0 Å². The third-order valence-electron chi connectivity index (χ3n) is 1.92. The Labute approximate surface area is 84.8 Å². The van der Waals surface area contributed by atoms with Gasteiger partial charge in [0.25, 0.3) is 0 Å². The van der Waals surface area contributed by atoms with Crippen molar-refractivity contribution in [3.8, 4) is 6.07 Å². The van der Waals surface area contributed by atoms with E-state index in [9.17, 15) is 0 Å². The minimum atomic E-state index is 0.663. The van der Waals surface area contributed by atoms with E-state index in [0.717, 1.165) is 30.9 Å². The molecule has 0 saturated carbocycles. The van der Waals surface area contributed by atoms with Crippen LogP contribution in [-0.2, 0) is 0 Å². The van der Waals surface area contributed by atoms with Gasteiger partial charge in [0.2, 0.25) is 0 Å². The fourth-order valence-electron chi connectivity index (χ4n) is 1.22. The van der Waals surface area contributed by atoms with Crippen LogP contribution in [-0.4, -0.2) is 11.5 Å². The highest BCUT2D eigenvalue weighted by atomic mass is 15.0. The molecule has 0 atom stereocenters. The van der Waals surface area contributed by atoms with E-state index in [4.69, 9.17) is 5.26 Å². The maximum atomic E-state index is 8.75. The summed E-state index contributed by atoms with van der Waals surface area (Å²) in [5, 5.41) is 12.0. The van der Waals surface area contributed by atoms with Gasteiger partial charge in [0.15, 0.2) is 0 Å². The number of hydrogen-bond donors (Lipinski definition) is 1. The number of anilines is 1. The molecule has 0 bridgehead atoms. The molecule has 1 N–H and O–H groups in total. The van der Waals surface area contributed by atoms with Crippen molar-refractivity contribution in [2.24, 2.45) is 0 Å². The number of nitriles is 1. The van der Waals surface area contributed by atoms with Crippen molar-refractivity contribution in [1.82, 2.24) is 4.98 Å². The Morgan fingerprint density at radius 1 is 1.50 bits per heavy atom. The van der Waals surface area contributed by atoms with Crippen molar-refractivity contribution < 1.29 is 0 Å². The van der Waals surface area contributed by atoms with E-state index in [0.29, 0.717) is 5.56 Å². The van der Waals surface area contributed by atoms with Crippen LogP contribution in [0.4, 0.5) is 5.82 Å². The van der Waals surface area contributed by atoms with E-state index >= 15 is 0 Å². The maximum absolute atomic E-state index is 8.75. The first-order valence-corrected chi connectivity index (χ1v) is 4.89. The van der Waals surface area contributed by atoms with Crippen molar-refractivity contribution in [1.29, 1.82) is 5.26 Å². The van der Waals surface area contributed by atoms with Crippen LogP contribution in [0, 0.1) is 18.3 Å². The number of pyridine rings is 1. The summed E-state index contributed by atoms with van der Waals surface area (Å²) in [5.74, 6) is 0.801. The molecule has 0 amide bonds. The summed E-state index contributed by atoms with van der Waals surface area (Å²) in [5.41, 5.74) is 1.54. The van der Waals surface area contributed by atoms with Crippen LogP contribution in [0.3, 0.4) is 0 Å². The molecule has 1 aromatic rings. The molecular weight excluding hydrogens is 174 g/mol. The molecule has 0 aromatic carbocycles. The van der Waals surface area contributed by atoms with Gasteiger partial charge in [-0.05, 0) is 25.5 Å². The predicted molar refractivity (Wildman–Crippen MR) is 57.1 cm³/mol. The maximum Gasteiger partial charge on any atom is 0.127 e. The van der Waals surface area contributed by atoms with Crippen LogP contribution in [0.5, 0.6) is 0 Å². The molecular formula is C11H15N3. The Hall–Kier alpha value is -1.56. The monoisotopic (exact) mass is 189 g/mol. The van der Waals surface area contributed by atoms with Crippen molar-refractivity contribution >= 4 is 5.82 Å². The summed E-state index contributed by atoms with van der Waals surface area (Å²) >= 11 is 0. The number of nitrogens with zero attached hydrogens (tertiary/aromatic N) is 2. The molecule has 14 heavy (non-hydrogen) atoms. The van der Waals surface area contributed by atoms with E-state index in [2.05, 4.69) is 23.3 Å². The van der Waals surface area contributed by atoms with Gasteiger partial charge in [0.05, 0.1) is 11.6 Å². The molecule has 0 saturated heterocycles. The molecule has 0 aliphatic carbocycles. The average Bonchev–Trinajstić information content (AvgIpc) is 2.17. The van der Waals surface area contributed by atoms with Crippen molar-refractivity contribution in [2.45, 2.75) is 26.7 Å². The van der Waals surface area contributed by atoms with Gasteiger partial charge in [0.1, 0.15) is 5.82 Å². The van der Waals surface area contributed by atoms with Crippen LogP contribution in [0.2, 0.25) is 0 Å². The smallest absolute Gasteiger partial charge is 0.127 e. The topological polar surface area (TPSA) is 48.7 Å². The molecule has 1 aromatic heterocycles. The average molecular weight is 189 g/mol. The summed E-state index contributed by atoms with van der Waals surface area (Å²) in [6.45, 7) is 4.95. The molecule has 0 fully saturated rings. The lowest BCUT2D eigenvalue weighted by molar-refractivity contribution is 0.830. The lowest BCUT2D eigenvalue weighted by Crippen LogP contribution is -2.03. The summed E-state index contributed by atoms with van der Waals surface area (Å²) in [4.78, 5) is 4.29. The Morgan fingerprint density at radius 3 is 2.93 bits per heavy atom. The van der Waals surface area contributed by atoms with E-state index < -0.39 is 0 Å². The van der Waals surface area contributed by atoms with Gasteiger partial charge in [0, 0.05) is 12.2 Å². The van der Waals surface area contributed by atoms with Crippen molar-refractivity contribution in [3.05, 3.63) is 23.4 Å². The Kier molecular flexibility index (Phi) is 3.93. The van der Waals surface area contributed by atoms with E-state index in [1.807, 2.05) is 6.92 Å². The second kappa shape index (κ2) is 5.23. The minimum Gasteiger partial charge on any atom is -0.370 e. The molecule has 0 aliphatic rings. The zero-order valence-corrected chi connectivity index (χ0v) is 8.67. The molecule has 0 radical (unpaired) electrons. The Balaban J connectivity index is 2.68. The predicted octanol–water partition coefficient (Wildman–Crippen LogP) is 2.47. The van der Waals surface area contributed by atoms with Gasteiger partial charge >= 0.3 is 0 Å². The SMILES string of the molecule is CCCCNc1cc(C#N)cc(C)n1. The van der Waals surface area contributed by atoms with Crippen LogP contribution in [0.1, 0.15) is 31.0 Å².